The van der Waals surface area contributed by atoms with Crippen molar-refractivity contribution in [2.75, 3.05) is 6.61 Å². The first-order valence-electron chi connectivity index (χ1n) is 13.9. The van der Waals surface area contributed by atoms with Crippen LogP contribution < -0.4 is 15.4 Å². The van der Waals surface area contributed by atoms with Crippen molar-refractivity contribution in [3.63, 3.8) is 0 Å². The molecule has 1 aliphatic rings. The van der Waals surface area contributed by atoms with Crippen LogP contribution in [0.3, 0.4) is 0 Å². The zero-order chi connectivity index (χ0) is 28.7. The van der Waals surface area contributed by atoms with Gasteiger partial charge in [0.25, 0.3) is 0 Å². The van der Waals surface area contributed by atoms with E-state index >= 15 is 0 Å². The predicted octanol–water partition coefficient (Wildman–Crippen LogP) is 6.53. The fourth-order valence-corrected chi connectivity index (χ4v) is 6.20. The number of nitrogens with zero attached hydrogens (tertiary/aromatic N) is 2. The third kappa shape index (κ3) is 8.55. The quantitative estimate of drug-likeness (QED) is 0.155. The van der Waals surface area contributed by atoms with Gasteiger partial charge in [0.05, 0.1) is 5.39 Å². The van der Waals surface area contributed by atoms with Gasteiger partial charge in [-0.2, -0.15) is 0 Å². The first kappa shape index (κ1) is 30.1. The number of carbonyl (C=O) groups is 2. The third-order valence-electron chi connectivity index (χ3n) is 7.06. The highest BCUT2D eigenvalue weighted by Gasteiger charge is 2.24. The monoisotopic (exact) mass is 630 g/mol. The van der Waals surface area contributed by atoms with Crippen molar-refractivity contribution in [3.8, 4) is 11.5 Å². The van der Waals surface area contributed by atoms with Crippen LogP contribution in [0.15, 0.2) is 47.2 Å². The van der Waals surface area contributed by atoms with E-state index in [2.05, 4.69) is 51.2 Å². The number of halogens is 1. The second-order valence-corrected chi connectivity index (χ2v) is 18.1. The molecular formula is C29H39BrN4O5Si. The van der Waals surface area contributed by atoms with Gasteiger partial charge in [0.2, 0.25) is 5.91 Å². The molecule has 0 spiro atoms. The van der Waals surface area contributed by atoms with E-state index in [0.717, 1.165) is 59.4 Å². The summed E-state index contributed by atoms with van der Waals surface area (Å²) < 4.78 is 15.0. The standard InChI is InChI=1S/C29H39BrN4O5Si/c1-40(2,3)16-15-38-19-34-18-23(30)26-25(13-14-31-27(26)34)39-22-11-9-20(10-12-22)17-24(33-29(36)37)28(35)32-21-7-5-4-6-8-21/h9-14,18,21,24,33H,4-8,15-17,19H2,1-3H3,(H,32,35)(H,36,37). The molecule has 0 radical (unpaired) electrons. The van der Waals surface area contributed by atoms with Crippen molar-refractivity contribution in [1.82, 2.24) is 20.2 Å². The van der Waals surface area contributed by atoms with Crippen LogP contribution in [-0.4, -0.2) is 53.4 Å². The van der Waals surface area contributed by atoms with Crippen LogP contribution in [0.25, 0.3) is 11.0 Å². The number of amides is 2. The minimum absolute atomic E-state index is 0.109. The number of ether oxygens (including phenoxy) is 2. The lowest BCUT2D eigenvalue weighted by Gasteiger charge is -2.25. The highest BCUT2D eigenvalue weighted by molar-refractivity contribution is 9.10. The van der Waals surface area contributed by atoms with Gasteiger partial charge >= 0.3 is 6.09 Å². The fourth-order valence-electron chi connectivity index (χ4n) is 4.83. The Morgan fingerprint density at radius 3 is 2.55 bits per heavy atom. The molecular weight excluding hydrogens is 592 g/mol. The number of rotatable bonds is 12. The molecule has 0 bridgehead atoms. The third-order valence-corrected chi connectivity index (χ3v) is 9.36. The number of benzene rings is 1. The van der Waals surface area contributed by atoms with Crippen molar-refractivity contribution >= 4 is 47.0 Å². The SMILES string of the molecule is C[Si](C)(C)CCOCn1cc(Br)c2c(Oc3ccc(CC(NC(=O)O)C(=O)NC4CCCCC4)cc3)ccnc21. The van der Waals surface area contributed by atoms with E-state index in [1.807, 2.05) is 41.1 Å². The number of fused-ring (bicyclic) bond motifs is 1. The Morgan fingerprint density at radius 1 is 1.15 bits per heavy atom. The average Bonchev–Trinajstić information content (AvgIpc) is 3.23. The maximum absolute atomic E-state index is 12.9. The second-order valence-electron chi connectivity index (χ2n) is 11.6. The van der Waals surface area contributed by atoms with Crippen LogP contribution in [0.1, 0.15) is 37.7 Å². The molecule has 2 aromatic heterocycles. The Kier molecular flexibility index (Phi) is 10.3. The molecule has 4 rings (SSSR count). The van der Waals surface area contributed by atoms with E-state index < -0.39 is 20.2 Å². The fraction of sp³-hybridized carbons (Fsp3) is 0.483. The van der Waals surface area contributed by atoms with Crippen molar-refractivity contribution in [1.29, 1.82) is 0 Å². The van der Waals surface area contributed by atoms with Gasteiger partial charge in [0.1, 0.15) is 29.9 Å². The minimum atomic E-state index is -1.22. The number of pyridine rings is 1. The molecule has 0 saturated heterocycles. The van der Waals surface area contributed by atoms with E-state index in [0.29, 0.717) is 18.2 Å². The van der Waals surface area contributed by atoms with Gasteiger partial charge < -0.3 is 29.8 Å². The highest BCUT2D eigenvalue weighted by Crippen LogP contribution is 2.35. The number of aromatic nitrogens is 2. The van der Waals surface area contributed by atoms with Gasteiger partial charge in [0, 0.05) is 44.0 Å². The number of carboxylic acid groups (broad SMARTS) is 1. The minimum Gasteiger partial charge on any atom is -0.465 e. The molecule has 1 atom stereocenters. The predicted molar refractivity (Wildman–Crippen MR) is 162 cm³/mol. The molecule has 1 aromatic carbocycles. The van der Waals surface area contributed by atoms with Crippen LogP contribution >= 0.6 is 15.9 Å². The second kappa shape index (κ2) is 13.6. The summed E-state index contributed by atoms with van der Waals surface area (Å²) in [6, 6.07) is 9.51. The summed E-state index contributed by atoms with van der Waals surface area (Å²) in [6.07, 6.45) is 7.91. The van der Waals surface area contributed by atoms with E-state index in [9.17, 15) is 14.7 Å². The summed E-state index contributed by atoms with van der Waals surface area (Å²) in [5.41, 5.74) is 1.59. The molecule has 9 nitrogen and oxygen atoms in total. The molecule has 3 aromatic rings. The Hall–Kier alpha value is -2.89. The number of carbonyl (C=O) groups excluding carboxylic acids is 1. The van der Waals surface area contributed by atoms with Gasteiger partial charge in [-0.3, -0.25) is 4.79 Å². The van der Waals surface area contributed by atoms with Crippen LogP contribution in [0.2, 0.25) is 25.7 Å². The molecule has 1 unspecified atom stereocenters. The first-order valence-corrected chi connectivity index (χ1v) is 18.4. The van der Waals surface area contributed by atoms with Crippen molar-refractivity contribution in [2.24, 2.45) is 0 Å². The normalized spacial score (nSPS) is 15.1. The van der Waals surface area contributed by atoms with Gasteiger partial charge in [-0.1, -0.05) is 51.0 Å². The Bertz CT molecular complexity index is 1300. The number of nitrogens with one attached hydrogen (secondary N) is 2. The van der Waals surface area contributed by atoms with Gasteiger partial charge in [-0.25, -0.2) is 9.78 Å². The molecule has 11 heteroatoms. The molecule has 3 N–H and O–H groups in total. The largest absolute Gasteiger partial charge is 0.465 e. The average molecular weight is 632 g/mol. The number of hydrogen-bond donors (Lipinski definition) is 3. The lowest BCUT2D eigenvalue weighted by atomic mass is 9.95. The van der Waals surface area contributed by atoms with E-state index in [1.54, 1.807) is 6.20 Å². The summed E-state index contributed by atoms with van der Waals surface area (Å²) >= 11 is 3.65. The number of hydrogen-bond acceptors (Lipinski definition) is 5. The maximum atomic E-state index is 12.9. The Labute approximate surface area is 244 Å². The van der Waals surface area contributed by atoms with Crippen molar-refractivity contribution in [2.45, 2.75) is 83.0 Å². The van der Waals surface area contributed by atoms with Crippen LogP contribution in [0, 0.1) is 0 Å². The van der Waals surface area contributed by atoms with Crippen molar-refractivity contribution < 1.29 is 24.2 Å². The molecule has 1 aliphatic carbocycles. The van der Waals surface area contributed by atoms with Crippen LogP contribution in [-0.2, 0) is 22.7 Å². The maximum Gasteiger partial charge on any atom is 0.405 e. The van der Waals surface area contributed by atoms with Gasteiger partial charge in [-0.15, -0.1) is 0 Å². The molecule has 2 heterocycles. The lowest BCUT2D eigenvalue weighted by Crippen LogP contribution is -2.50. The summed E-state index contributed by atoms with van der Waals surface area (Å²) in [5.74, 6) is 0.993. The molecule has 1 fully saturated rings. The Balaban J connectivity index is 1.41. The summed E-state index contributed by atoms with van der Waals surface area (Å²) in [4.78, 5) is 28.8. The molecule has 1 saturated carbocycles. The first-order chi connectivity index (χ1) is 19.1. The lowest BCUT2D eigenvalue weighted by molar-refractivity contribution is -0.123. The molecule has 40 heavy (non-hydrogen) atoms. The topological polar surface area (TPSA) is 115 Å². The van der Waals surface area contributed by atoms with Crippen molar-refractivity contribution in [3.05, 3.63) is 52.8 Å². The van der Waals surface area contributed by atoms with E-state index in [1.165, 1.54) is 6.42 Å². The summed E-state index contributed by atoms with van der Waals surface area (Å²) in [5, 5.41) is 15.6. The van der Waals surface area contributed by atoms with Gasteiger partial charge in [-0.05, 0) is 58.6 Å². The van der Waals surface area contributed by atoms with Gasteiger partial charge in [0.15, 0.2) is 0 Å². The Morgan fingerprint density at radius 2 is 1.88 bits per heavy atom. The smallest absolute Gasteiger partial charge is 0.405 e. The van der Waals surface area contributed by atoms with Crippen LogP contribution in [0.4, 0.5) is 4.79 Å². The van der Waals surface area contributed by atoms with E-state index in [-0.39, 0.29) is 18.4 Å². The van der Waals surface area contributed by atoms with Crippen LogP contribution in [0.5, 0.6) is 11.5 Å². The zero-order valence-corrected chi connectivity index (χ0v) is 26.0. The summed E-state index contributed by atoms with van der Waals surface area (Å²) in [7, 11) is -1.16. The highest BCUT2D eigenvalue weighted by atomic mass is 79.9. The summed E-state index contributed by atoms with van der Waals surface area (Å²) in [6.45, 7) is 8.13. The molecule has 0 aliphatic heterocycles. The molecule has 216 valence electrons. The molecule has 2 amide bonds. The zero-order valence-electron chi connectivity index (χ0n) is 23.4. The van der Waals surface area contributed by atoms with E-state index in [4.69, 9.17) is 9.47 Å².